The summed E-state index contributed by atoms with van der Waals surface area (Å²) in [7, 11) is 0. The fraction of sp³-hybridized carbons (Fsp3) is 0.235. The van der Waals surface area contributed by atoms with Crippen LogP contribution in [0, 0.1) is 19.7 Å². The van der Waals surface area contributed by atoms with E-state index >= 15 is 0 Å². The summed E-state index contributed by atoms with van der Waals surface area (Å²) < 4.78 is 14.1. The van der Waals surface area contributed by atoms with Gasteiger partial charge in [0.1, 0.15) is 17.1 Å². The summed E-state index contributed by atoms with van der Waals surface area (Å²) in [4.78, 5) is 36.1. The maximum atomic E-state index is 14.1. The fourth-order valence-corrected chi connectivity index (χ4v) is 3.43. The number of carbonyl (C=O) groups is 3. The number of ketones is 1. The van der Waals surface area contributed by atoms with E-state index in [1.807, 2.05) is 0 Å². The first-order valence-corrected chi connectivity index (χ1v) is 8.55. The van der Waals surface area contributed by atoms with Crippen molar-refractivity contribution >= 4 is 45.9 Å². The Morgan fingerprint density at radius 2 is 2.08 bits per heavy atom. The third-order valence-electron chi connectivity index (χ3n) is 3.71. The summed E-state index contributed by atoms with van der Waals surface area (Å²) in [5.74, 6) is -1.88. The highest BCUT2D eigenvalue weighted by molar-refractivity contribution is 7.16. The highest BCUT2D eigenvalue weighted by Crippen LogP contribution is 2.35. The van der Waals surface area contributed by atoms with E-state index in [2.05, 4.69) is 5.32 Å². The molecule has 1 aromatic carbocycles. The minimum atomic E-state index is -1.02. The van der Waals surface area contributed by atoms with Crippen molar-refractivity contribution in [3.05, 3.63) is 50.6 Å². The zero-order chi connectivity index (χ0) is 18.7. The van der Waals surface area contributed by atoms with Crippen molar-refractivity contribution in [2.24, 2.45) is 5.73 Å². The molecule has 1 atom stereocenters. The Kier molecular flexibility index (Phi) is 6.05. The van der Waals surface area contributed by atoms with Crippen LogP contribution in [0.1, 0.15) is 32.8 Å². The molecule has 1 heterocycles. The molecule has 0 fully saturated rings. The highest BCUT2D eigenvalue weighted by Gasteiger charge is 2.25. The van der Waals surface area contributed by atoms with Crippen molar-refractivity contribution < 1.29 is 18.8 Å². The molecule has 2 aromatic rings. The predicted octanol–water partition coefficient (Wildman–Crippen LogP) is 3.24. The summed E-state index contributed by atoms with van der Waals surface area (Å²) >= 11 is 6.91. The third kappa shape index (κ3) is 4.12. The van der Waals surface area contributed by atoms with E-state index in [4.69, 9.17) is 17.3 Å². The summed E-state index contributed by atoms with van der Waals surface area (Å²) in [6, 6.07) is 2.76. The van der Waals surface area contributed by atoms with Crippen LogP contribution in [0.2, 0.25) is 5.02 Å². The van der Waals surface area contributed by atoms with Gasteiger partial charge in [-0.3, -0.25) is 9.59 Å². The number of carbonyl (C=O) groups excluding carboxylic acids is 3. The first kappa shape index (κ1) is 19.2. The second-order valence-corrected chi connectivity index (χ2v) is 7.10. The van der Waals surface area contributed by atoms with Gasteiger partial charge >= 0.3 is 0 Å². The average molecular weight is 383 g/mol. The van der Waals surface area contributed by atoms with Gasteiger partial charge in [-0.25, -0.2) is 4.39 Å². The van der Waals surface area contributed by atoms with E-state index < -0.39 is 23.5 Å². The van der Waals surface area contributed by atoms with Crippen LogP contribution in [0.4, 0.5) is 9.39 Å². The van der Waals surface area contributed by atoms with Gasteiger partial charge in [-0.2, -0.15) is 0 Å². The molecule has 8 heteroatoms. The number of thiophene rings is 1. The van der Waals surface area contributed by atoms with Crippen molar-refractivity contribution in [2.75, 3.05) is 5.32 Å². The van der Waals surface area contributed by atoms with Gasteiger partial charge < -0.3 is 15.8 Å². The lowest BCUT2D eigenvalue weighted by atomic mass is 10.0. The van der Waals surface area contributed by atoms with Crippen molar-refractivity contribution in [1.29, 1.82) is 0 Å². The van der Waals surface area contributed by atoms with Crippen molar-refractivity contribution in [3.63, 3.8) is 0 Å². The highest BCUT2D eigenvalue weighted by atomic mass is 35.5. The van der Waals surface area contributed by atoms with Crippen LogP contribution in [-0.4, -0.2) is 24.0 Å². The Labute approximate surface area is 153 Å². The topological polar surface area (TPSA) is 89.3 Å². The summed E-state index contributed by atoms with van der Waals surface area (Å²) in [5, 5.41) is 3.02. The van der Waals surface area contributed by atoms with E-state index in [1.54, 1.807) is 13.8 Å². The molecule has 0 radical (unpaired) electrons. The molecule has 3 N–H and O–H groups in total. The SMILES string of the molecule is Cc1sc(NC(=O)C(N)CC=O)c(C(=O)c2ccc(Cl)cc2F)c1C. The van der Waals surface area contributed by atoms with Crippen LogP contribution in [0.25, 0.3) is 0 Å². The molecule has 2 rings (SSSR count). The number of aldehydes is 1. The van der Waals surface area contributed by atoms with E-state index in [0.29, 0.717) is 11.8 Å². The molecule has 1 amide bonds. The number of benzene rings is 1. The van der Waals surface area contributed by atoms with Gasteiger partial charge in [-0.05, 0) is 37.6 Å². The van der Waals surface area contributed by atoms with Gasteiger partial charge in [-0.1, -0.05) is 11.6 Å². The number of anilines is 1. The lowest BCUT2D eigenvalue weighted by molar-refractivity contribution is -0.119. The molecule has 0 aliphatic rings. The molecule has 132 valence electrons. The lowest BCUT2D eigenvalue weighted by Crippen LogP contribution is -2.36. The normalized spacial score (nSPS) is 11.9. The maximum absolute atomic E-state index is 14.1. The van der Waals surface area contributed by atoms with Crippen molar-refractivity contribution in [1.82, 2.24) is 0 Å². The van der Waals surface area contributed by atoms with Gasteiger partial charge in [0.05, 0.1) is 17.2 Å². The summed E-state index contributed by atoms with van der Waals surface area (Å²) in [5.41, 5.74) is 6.31. The van der Waals surface area contributed by atoms with E-state index in [0.717, 1.165) is 10.9 Å². The Bertz CT molecular complexity index is 851. The summed E-state index contributed by atoms with van der Waals surface area (Å²) in [6.07, 6.45) is 0.411. The van der Waals surface area contributed by atoms with Crippen LogP contribution >= 0.6 is 22.9 Å². The van der Waals surface area contributed by atoms with Gasteiger partial charge in [0.2, 0.25) is 5.91 Å². The van der Waals surface area contributed by atoms with Crippen LogP contribution in [0.5, 0.6) is 0 Å². The molecule has 25 heavy (non-hydrogen) atoms. The van der Waals surface area contributed by atoms with Gasteiger partial charge in [0.25, 0.3) is 0 Å². The van der Waals surface area contributed by atoms with Crippen molar-refractivity contribution in [2.45, 2.75) is 26.3 Å². The number of nitrogens with one attached hydrogen (secondary N) is 1. The Hall–Kier alpha value is -2.09. The Morgan fingerprint density at radius 3 is 2.68 bits per heavy atom. The number of hydrogen-bond acceptors (Lipinski definition) is 5. The average Bonchev–Trinajstić information content (AvgIpc) is 2.81. The van der Waals surface area contributed by atoms with Crippen LogP contribution in [0.15, 0.2) is 18.2 Å². The van der Waals surface area contributed by atoms with E-state index in [-0.39, 0.29) is 27.6 Å². The van der Waals surface area contributed by atoms with Crippen molar-refractivity contribution in [3.8, 4) is 0 Å². The number of hydrogen-bond donors (Lipinski definition) is 2. The largest absolute Gasteiger partial charge is 0.320 e. The molecule has 0 aliphatic heterocycles. The quantitative estimate of drug-likeness (QED) is 0.592. The zero-order valence-corrected chi connectivity index (χ0v) is 15.1. The fourth-order valence-electron chi connectivity index (χ4n) is 2.21. The molecule has 1 unspecified atom stereocenters. The number of halogens is 2. The van der Waals surface area contributed by atoms with Crippen LogP contribution in [-0.2, 0) is 9.59 Å². The molecule has 0 aliphatic carbocycles. The monoisotopic (exact) mass is 382 g/mol. The predicted molar refractivity (Wildman–Crippen MR) is 95.9 cm³/mol. The van der Waals surface area contributed by atoms with Gasteiger partial charge in [0, 0.05) is 16.3 Å². The molecule has 0 saturated heterocycles. The Morgan fingerprint density at radius 1 is 1.40 bits per heavy atom. The minimum absolute atomic E-state index is 0.135. The first-order valence-electron chi connectivity index (χ1n) is 7.36. The second-order valence-electron chi connectivity index (χ2n) is 5.44. The lowest BCUT2D eigenvalue weighted by Gasteiger charge is -2.11. The minimum Gasteiger partial charge on any atom is -0.320 e. The molecular formula is C17H16ClFN2O3S. The second kappa shape index (κ2) is 7.86. The zero-order valence-electron chi connectivity index (χ0n) is 13.6. The number of rotatable bonds is 6. The van der Waals surface area contributed by atoms with Gasteiger partial charge in [-0.15, -0.1) is 11.3 Å². The molecule has 0 saturated carbocycles. The Balaban J connectivity index is 2.42. The first-order chi connectivity index (χ1) is 11.8. The molecule has 5 nitrogen and oxygen atoms in total. The smallest absolute Gasteiger partial charge is 0.242 e. The van der Waals surface area contributed by atoms with Crippen LogP contribution < -0.4 is 11.1 Å². The standard InChI is InChI=1S/C17H16ClFN2O3S/c1-8-9(2)25-17(21-16(24)13(20)5-6-22)14(8)15(23)11-4-3-10(18)7-12(11)19/h3-4,6-7,13H,5,20H2,1-2H3,(H,21,24). The molecule has 1 aromatic heterocycles. The van der Waals surface area contributed by atoms with E-state index in [9.17, 15) is 18.8 Å². The molecular weight excluding hydrogens is 367 g/mol. The van der Waals surface area contributed by atoms with E-state index in [1.165, 1.54) is 23.5 Å². The third-order valence-corrected chi connectivity index (χ3v) is 5.07. The number of amides is 1. The summed E-state index contributed by atoms with van der Waals surface area (Å²) in [6.45, 7) is 3.50. The number of nitrogens with two attached hydrogens (primary N) is 1. The maximum Gasteiger partial charge on any atom is 0.242 e. The number of aryl methyl sites for hydroxylation is 1. The molecule has 0 spiro atoms. The van der Waals surface area contributed by atoms with Crippen LogP contribution in [0.3, 0.4) is 0 Å². The molecule has 0 bridgehead atoms. The van der Waals surface area contributed by atoms with Gasteiger partial charge in [0.15, 0.2) is 5.78 Å².